The van der Waals surface area contributed by atoms with Gasteiger partial charge >= 0.3 is 0 Å². The van der Waals surface area contributed by atoms with Crippen LogP contribution in [0.25, 0.3) is 0 Å². The fourth-order valence-electron chi connectivity index (χ4n) is 3.00. The Labute approximate surface area is 174 Å². The van der Waals surface area contributed by atoms with Crippen molar-refractivity contribution in [2.24, 2.45) is 0 Å². The Balaban J connectivity index is 1.60. The summed E-state index contributed by atoms with van der Waals surface area (Å²) in [6.45, 7) is 2.71. The molecule has 3 rings (SSSR count). The van der Waals surface area contributed by atoms with Gasteiger partial charge in [0.15, 0.2) is 6.10 Å². The molecule has 1 aliphatic heterocycles. The largest absolute Gasteiger partial charge is 0.481 e. The minimum Gasteiger partial charge on any atom is -0.481 e. The number of piperazine rings is 1. The second kappa shape index (κ2) is 8.69. The lowest BCUT2D eigenvalue weighted by Crippen LogP contribution is -2.53. The van der Waals surface area contributed by atoms with E-state index in [-0.39, 0.29) is 23.9 Å². The van der Waals surface area contributed by atoms with Crippen molar-refractivity contribution < 1.29 is 17.9 Å². The molecule has 1 aliphatic rings. The number of carbonyl (C=O) groups is 1. The Bertz CT molecular complexity index is 925. The summed E-state index contributed by atoms with van der Waals surface area (Å²) in [6.07, 6.45) is -0.744. The molecule has 6 nitrogen and oxygen atoms in total. The SMILES string of the molecule is C[C@H](Oc1cc(Cl)cc(Cl)c1)C(=O)N1CCN(S(=O)(=O)c2ccccc2)CC1. The summed E-state index contributed by atoms with van der Waals surface area (Å²) in [4.78, 5) is 14.5. The van der Waals surface area contributed by atoms with Gasteiger partial charge in [0.2, 0.25) is 10.0 Å². The van der Waals surface area contributed by atoms with Gasteiger partial charge in [0.05, 0.1) is 4.90 Å². The van der Waals surface area contributed by atoms with Crippen molar-refractivity contribution in [1.29, 1.82) is 0 Å². The number of amides is 1. The van der Waals surface area contributed by atoms with Gasteiger partial charge in [0.1, 0.15) is 5.75 Å². The highest BCUT2D eigenvalue weighted by atomic mass is 35.5. The molecule has 0 aromatic heterocycles. The smallest absolute Gasteiger partial charge is 0.263 e. The third-order valence-electron chi connectivity index (χ3n) is 4.43. The Morgan fingerprint density at radius 3 is 2.14 bits per heavy atom. The first-order valence-electron chi connectivity index (χ1n) is 8.74. The highest BCUT2D eigenvalue weighted by molar-refractivity contribution is 7.89. The van der Waals surface area contributed by atoms with Crippen molar-refractivity contribution in [1.82, 2.24) is 9.21 Å². The number of benzene rings is 2. The Hall–Kier alpha value is -1.80. The maximum absolute atomic E-state index is 12.7. The van der Waals surface area contributed by atoms with Crippen LogP contribution in [0.3, 0.4) is 0 Å². The summed E-state index contributed by atoms with van der Waals surface area (Å²) < 4.78 is 32.4. The van der Waals surface area contributed by atoms with Gasteiger partial charge < -0.3 is 9.64 Å². The zero-order chi connectivity index (χ0) is 20.3. The number of rotatable bonds is 5. The highest BCUT2D eigenvalue weighted by Crippen LogP contribution is 2.25. The molecule has 0 unspecified atom stereocenters. The third kappa shape index (κ3) is 4.78. The first kappa shape index (κ1) is 20.9. The van der Waals surface area contributed by atoms with Gasteiger partial charge in [-0.25, -0.2) is 8.42 Å². The van der Waals surface area contributed by atoms with Crippen molar-refractivity contribution in [2.45, 2.75) is 17.9 Å². The molecule has 1 atom stereocenters. The van der Waals surface area contributed by atoms with Crippen LogP contribution >= 0.6 is 23.2 Å². The van der Waals surface area contributed by atoms with Crippen LogP contribution in [0.2, 0.25) is 10.0 Å². The second-order valence-electron chi connectivity index (χ2n) is 6.41. The standard InChI is InChI=1S/C19H20Cl2N2O4S/c1-14(27-17-12-15(20)11-16(21)13-17)19(24)22-7-9-23(10-8-22)28(25,26)18-5-3-2-4-6-18/h2-6,11-14H,7-10H2,1H3/t14-/m0/s1. The molecule has 1 heterocycles. The summed E-state index contributed by atoms with van der Waals surface area (Å²) in [7, 11) is -3.55. The van der Waals surface area contributed by atoms with E-state index in [4.69, 9.17) is 27.9 Å². The van der Waals surface area contributed by atoms with Gasteiger partial charge in [0, 0.05) is 36.2 Å². The molecule has 28 heavy (non-hydrogen) atoms. The molecular weight excluding hydrogens is 423 g/mol. The van der Waals surface area contributed by atoms with Crippen LogP contribution in [-0.4, -0.2) is 55.8 Å². The van der Waals surface area contributed by atoms with Crippen molar-refractivity contribution in [2.75, 3.05) is 26.2 Å². The molecule has 1 amide bonds. The highest BCUT2D eigenvalue weighted by Gasteiger charge is 2.31. The van der Waals surface area contributed by atoms with Gasteiger partial charge in [-0.3, -0.25) is 4.79 Å². The van der Waals surface area contributed by atoms with E-state index in [1.165, 1.54) is 4.31 Å². The van der Waals surface area contributed by atoms with Crippen LogP contribution in [0.4, 0.5) is 0 Å². The molecule has 150 valence electrons. The number of ether oxygens (including phenoxy) is 1. The average Bonchev–Trinajstić information content (AvgIpc) is 2.67. The number of sulfonamides is 1. The maximum Gasteiger partial charge on any atom is 0.263 e. The van der Waals surface area contributed by atoms with Crippen LogP contribution < -0.4 is 4.74 Å². The first-order valence-corrected chi connectivity index (χ1v) is 10.9. The predicted molar refractivity (Wildman–Crippen MR) is 108 cm³/mol. The Kier molecular flexibility index (Phi) is 6.50. The number of hydrogen-bond donors (Lipinski definition) is 0. The lowest BCUT2D eigenvalue weighted by Gasteiger charge is -2.35. The normalized spacial score (nSPS) is 16.6. The topological polar surface area (TPSA) is 66.9 Å². The van der Waals surface area contributed by atoms with E-state index in [1.54, 1.807) is 60.4 Å². The van der Waals surface area contributed by atoms with Crippen molar-refractivity contribution in [3.05, 3.63) is 58.6 Å². The van der Waals surface area contributed by atoms with E-state index in [0.717, 1.165) is 0 Å². The number of halogens is 2. The van der Waals surface area contributed by atoms with Crippen LogP contribution in [0.5, 0.6) is 5.75 Å². The molecule has 0 radical (unpaired) electrons. The Morgan fingerprint density at radius 2 is 1.57 bits per heavy atom. The third-order valence-corrected chi connectivity index (χ3v) is 6.78. The number of nitrogens with zero attached hydrogens (tertiary/aromatic N) is 2. The minimum atomic E-state index is -3.55. The van der Waals surface area contributed by atoms with Crippen LogP contribution in [0.1, 0.15) is 6.92 Å². The molecule has 1 saturated heterocycles. The second-order valence-corrected chi connectivity index (χ2v) is 9.22. The summed E-state index contributed by atoms with van der Waals surface area (Å²) in [5, 5.41) is 0.837. The summed E-state index contributed by atoms with van der Waals surface area (Å²) in [6, 6.07) is 13.0. The maximum atomic E-state index is 12.7. The van der Waals surface area contributed by atoms with Gasteiger partial charge in [-0.2, -0.15) is 4.31 Å². The predicted octanol–water partition coefficient (Wildman–Crippen LogP) is 3.29. The molecule has 1 fully saturated rings. The minimum absolute atomic E-state index is 0.215. The molecule has 2 aromatic carbocycles. The van der Waals surface area contributed by atoms with Gasteiger partial charge in [-0.05, 0) is 37.3 Å². The van der Waals surface area contributed by atoms with Crippen LogP contribution in [-0.2, 0) is 14.8 Å². The van der Waals surface area contributed by atoms with Gasteiger partial charge in [0.25, 0.3) is 5.91 Å². The molecule has 0 aliphatic carbocycles. The fraction of sp³-hybridized carbons (Fsp3) is 0.316. The van der Waals surface area contributed by atoms with Gasteiger partial charge in [-0.15, -0.1) is 0 Å². The van der Waals surface area contributed by atoms with Crippen molar-refractivity contribution >= 4 is 39.1 Å². The van der Waals surface area contributed by atoms with Crippen molar-refractivity contribution in [3.63, 3.8) is 0 Å². The van der Waals surface area contributed by atoms with Gasteiger partial charge in [-0.1, -0.05) is 41.4 Å². The number of carbonyl (C=O) groups excluding carboxylic acids is 1. The van der Waals surface area contributed by atoms with E-state index in [1.807, 2.05) is 0 Å². The van der Waals surface area contributed by atoms with E-state index < -0.39 is 16.1 Å². The first-order chi connectivity index (χ1) is 13.3. The molecule has 0 saturated carbocycles. The van der Waals surface area contributed by atoms with Crippen LogP contribution in [0.15, 0.2) is 53.4 Å². The van der Waals surface area contributed by atoms with E-state index in [0.29, 0.717) is 28.9 Å². The zero-order valence-electron chi connectivity index (χ0n) is 15.2. The van der Waals surface area contributed by atoms with E-state index >= 15 is 0 Å². The van der Waals surface area contributed by atoms with Crippen LogP contribution in [0, 0.1) is 0 Å². The Morgan fingerprint density at radius 1 is 1.00 bits per heavy atom. The van der Waals surface area contributed by atoms with Crippen molar-refractivity contribution in [3.8, 4) is 5.75 Å². The fourth-order valence-corrected chi connectivity index (χ4v) is 4.95. The molecule has 0 bridgehead atoms. The molecule has 9 heteroatoms. The van der Waals surface area contributed by atoms with E-state index in [9.17, 15) is 13.2 Å². The molecule has 0 spiro atoms. The molecular formula is C19H20Cl2N2O4S. The monoisotopic (exact) mass is 442 g/mol. The summed E-state index contributed by atoms with van der Waals surface area (Å²) in [5.41, 5.74) is 0. The quantitative estimate of drug-likeness (QED) is 0.712. The summed E-state index contributed by atoms with van der Waals surface area (Å²) >= 11 is 11.9. The number of hydrogen-bond acceptors (Lipinski definition) is 4. The zero-order valence-corrected chi connectivity index (χ0v) is 17.5. The lowest BCUT2D eigenvalue weighted by atomic mass is 10.2. The summed E-state index contributed by atoms with van der Waals surface area (Å²) in [5.74, 6) is 0.191. The lowest BCUT2D eigenvalue weighted by molar-refractivity contribution is -0.139. The molecule has 0 N–H and O–H groups in total. The average molecular weight is 443 g/mol. The van der Waals surface area contributed by atoms with E-state index in [2.05, 4.69) is 0 Å². The molecule has 2 aromatic rings.